The van der Waals surface area contributed by atoms with Crippen LogP contribution in [0.4, 0.5) is 5.69 Å². The number of thiophene rings is 1. The summed E-state index contributed by atoms with van der Waals surface area (Å²) in [6.07, 6.45) is 2.29. The number of hydrogen-bond acceptors (Lipinski definition) is 4. The molecule has 126 valence electrons. The van der Waals surface area contributed by atoms with Crippen LogP contribution in [-0.4, -0.2) is 32.1 Å². The molecule has 1 fully saturated rings. The Labute approximate surface area is 145 Å². The van der Waals surface area contributed by atoms with Crippen LogP contribution < -0.4 is 10.2 Å². The Hall–Kier alpha value is -2.18. The molecule has 1 aromatic heterocycles. The molecule has 2 aromatic rings. The molecule has 1 unspecified atom stereocenters. The summed E-state index contributed by atoms with van der Waals surface area (Å²) in [5.74, 6) is -0.382. The monoisotopic (exact) mass is 345 g/mol. The van der Waals surface area contributed by atoms with Crippen molar-refractivity contribution >= 4 is 28.9 Å². The third-order valence-corrected chi connectivity index (χ3v) is 5.33. The molecular formula is C18H21N2O3S+. The van der Waals surface area contributed by atoms with Crippen LogP contribution in [0.15, 0.2) is 41.8 Å². The van der Waals surface area contributed by atoms with Crippen LogP contribution in [0.1, 0.15) is 34.1 Å². The van der Waals surface area contributed by atoms with Crippen molar-refractivity contribution in [2.75, 3.05) is 25.5 Å². The fraction of sp³-hybridized carbons (Fsp3) is 0.333. The molecule has 5 nitrogen and oxygen atoms in total. The number of amides is 1. The number of rotatable bonds is 5. The summed E-state index contributed by atoms with van der Waals surface area (Å²) in [5.41, 5.74) is 1.16. The van der Waals surface area contributed by atoms with E-state index >= 15 is 0 Å². The number of carbonyl (C=O) groups excluding carboxylic acids is 2. The van der Waals surface area contributed by atoms with Crippen LogP contribution in [0.25, 0.3) is 0 Å². The topological polar surface area (TPSA) is 59.8 Å². The van der Waals surface area contributed by atoms with E-state index in [0.29, 0.717) is 23.8 Å². The summed E-state index contributed by atoms with van der Waals surface area (Å²) < 4.78 is 4.66. The highest BCUT2D eigenvalue weighted by Crippen LogP contribution is 2.23. The van der Waals surface area contributed by atoms with Crippen molar-refractivity contribution in [1.29, 1.82) is 0 Å². The molecule has 3 rings (SSSR count). The Morgan fingerprint density at radius 3 is 2.75 bits per heavy atom. The maximum Gasteiger partial charge on any atom is 0.337 e. The highest BCUT2D eigenvalue weighted by Gasteiger charge is 2.32. The third-order valence-electron chi connectivity index (χ3n) is 4.35. The van der Waals surface area contributed by atoms with E-state index in [2.05, 4.69) is 27.6 Å². The number of benzene rings is 1. The molecule has 1 aliphatic rings. The zero-order valence-electron chi connectivity index (χ0n) is 13.6. The van der Waals surface area contributed by atoms with Crippen LogP contribution in [0, 0.1) is 0 Å². The number of likely N-dealkylation sites (tertiary alicyclic amines) is 1. The fourth-order valence-electron chi connectivity index (χ4n) is 3.18. The maximum absolute atomic E-state index is 12.3. The zero-order valence-corrected chi connectivity index (χ0v) is 14.4. The maximum atomic E-state index is 12.3. The first kappa shape index (κ1) is 16.7. The molecule has 1 aliphatic heterocycles. The molecule has 24 heavy (non-hydrogen) atoms. The van der Waals surface area contributed by atoms with Crippen LogP contribution in [0.2, 0.25) is 0 Å². The largest absolute Gasteiger partial charge is 0.465 e. The van der Waals surface area contributed by atoms with E-state index in [1.165, 1.54) is 16.9 Å². The summed E-state index contributed by atoms with van der Waals surface area (Å²) in [5, 5.41) is 5.00. The molecule has 6 heteroatoms. The second kappa shape index (κ2) is 7.59. The normalized spacial score (nSPS) is 19.9. The van der Waals surface area contributed by atoms with Crippen molar-refractivity contribution in [3.05, 3.63) is 52.2 Å². The van der Waals surface area contributed by atoms with Gasteiger partial charge in [0.25, 0.3) is 5.91 Å². The molecule has 1 amide bonds. The number of hydrogen-bond donors (Lipinski definition) is 2. The van der Waals surface area contributed by atoms with Gasteiger partial charge in [-0.2, -0.15) is 0 Å². The van der Waals surface area contributed by atoms with Gasteiger partial charge in [-0.05, 0) is 35.7 Å². The Balaban J connectivity index is 1.58. The summed E-state index contributed by atoms with van der Waals surface area (Å²) >= 11 is 1.77. The van der Waals surface area contributed by atoms with Gasteiger partial charge in [-0.1, -0.05) is 6.07 Å². The number of nitrogens with one attached hydrogen (secondary N) is 2. The molecule has 0 spiro atoms. The van der Waals surface area contributed by atoms with E-state index in [9.17, 15) is 9.59 Å². The van der Waals surface area contributed by atoms with Gasteiger partial charge in [-0.25, -0.2) is 4.79 Å². The first-order chi connectivity index (χ1) is 11.7. The number of ether oxygens (including phenoxy) is 1. The molecule has 2 atom stereocenters. The van der Waals surface area contributed by atoms with Crippen molar-refractivity contribution in [1.82, 2.24) is 0 Å². The summed E-state index contributed by atoms with van der Waals surface area (Å²) in [6.45, 7) is 1.48. The van der Waals surface area contributed by atoms with Gasteiger partial charge in [0.05, 0.1) is 24.1 Å². The molecule has 0 saturated carbocycles. The quantitative estimate of drug-likeness (QED) is 0.814. The van der Waals surface area contributed by atoms with Gasteiger partial charge in [-0.15, -0.1) is 11.3 Å². The number of methoxy groups -OCH3 is 1. The highest BCUT2D eigenvalue weighted by atomic mass is 32.1. The Bertz CT molecular complexity index is 698. The number of carbonyl (C=O) groups is 2. The zero-order chi connectivity index (χ0) is 16.9. The van der Waals surface area contributed by atoms with E-state index in [1.54, 1.807) is 35.6 Å². The van der Waals surface area contributed by atoms with E-state index in [-0.39, 0.29) is 11.9 Å². The van der Waals surface area contributed by atoms with Gasteiger partial charge >= 0.3 is 5.97 Å². The number of anilines is 1. The highest BCUT2D eigenvalue weighted by molar-refractivity contribution is 7.10. The van der Waals surface area contributed by atoms with Crippen molar-refractivity contribution in [2.24, 2.45) is 0 Å². The fourth-order valence-corrected chi connectivity index (χ4v) is 4.10. The molecule has 1 saturated heterocycles. The summed E-state index contributed by atoms with van der Waals surface area (Å²) in [7, 11) is 1.35. The summed E-state index contributed by atoms with van der Waals surface area (Å²) in [4.78, 5) is 26.4. The van der Waals surface area contributed by atoms with Gasteiger partial charge in [-0.3, -0.25) is 4.79 Å². The third kappa shape index (κ3) is 3.83. The Morgan fingerprint density at radius 1 is 1.29 bits per heavy atom. The van der Waals surface area contributed by atoms with Crippen LogP contribution in [0.3, 0.4) is 0 Å². The van der Waals surface area contributed by atoms with Crippen LogP contribution >= 0.6 is 11.3 Å². The van der Waals surface area contributed by atoms with E-state index in [4.69, 9.17) is 0 Å². The Kier molecular flexibility index (Phi) is 5.27. The lowest BCUT2D eigenvalue weighted by Crippen LogP contribution is -3.11. The SMILES string of the molecule is COC(=O)c1ccc(NC(=O)C[NH+]2CCC[C@H]2c2cccs2)cc1. The molecule has 2 heterocycles. The number of esters is 1. The van der Waals surface area contributed by atoms with Crippen molar-refractivity contribution in [3.8, 4) is 0 Å². The predicted octanol–water partition coefficient (Wildman–Crippen LogP) is 1.89. The van der Waals surface area contributed by atoms with Crippen LogP contribution in [-0.2, 0) is 9.53 Å². The molecule has 0 radical (unpaired) electrons. The average molecular weight is 345 g/mol. The molecule has 0 bridgehead atoms. The summed E-state index contributed by atoms with van der Waals surface area (Å²) in [6, 6.07) is 11.4. The first-order valence-corrected chi connectivity index (χ1v) is 8.91. The lowest BCUT2D eigenvalue weighted by Gasteiger charge is -2.20. The van der Waals surface area contributed by atoms with E-state index in [1.807, 2.05) is 0 Å². The molecule has 1 aromatic carbocycles. The predicted molar refractivity (Wildman–Crippen MR) is 93.4 cm³/mol. The van der Waals surface area contributed by atoms with Gasteiger partial charge < -0.3 is 15.0 Å². The van der Waals surface area contributed by atoms with Gasteiger partial charge in [0.15, 0.2) is 6.54 Å². The van der Waals surface area contributed by atoms with Crippen molar-refractivity contribution < 1.29 is 19.2 Å². The minimum atomic E-state index is -0.381. The van der Waals surface area contributed by atoms with Gasteiger partial charge in [0, 0.05) is 18.5 Å². The van der Waals surface area contributed by atoms with E-state index in [0.717, 1.165) is 19.4 Å². The minimum absolute atomic E-state index is 0.000672. The molecule has 0 aliphatic carbocycles. The standard InChI is InChI=1S/C18H20N2O3S/c1-23-18(22)13-6-8-14(9-7-13)19-17(21)12-20-10-2-4-15(20)16-5-3-11-24-16/h3,5-9,11,15H,2,4,10,12H2,1H3,(H,19,21)/p+1/t15-/m0/s1. The molecule has 2 N–H and O–H groups in total. The first-order valence-electron chi connectivity index (χ1n) is 8.03. The minimum Gasteiger partial charge on any atom is -0.465 e. The smallest absolute Gasteiger partial charge is 0.337 e. The van der Waals surface area contributed by atoms with Gasteiger partial charge in [0.1, 0.15) is 6.04 Å². The Morgan fingerprint density at radius 2 is 2.08 bits per heavy atom. The second-order valence-electron chi connectivity index (χ2n) is 5.91. The van der Waals surface area contributed by atoms with Gasteiger partial charge in [0.2, 0.25) is 0 Å². The average Bonchev–Trinajstić information content (AvgIpc) is 3.26. The molecular weight excluding hydrogens is 324 g/mol. The number of quaternary nitrogens is 1. The lowest BCUT2D eigenvalue weighted by atomic mass is 10.2. The van der Waals surface area contributed by atoms with Crippen LogP contribution in [0.5, 0.6) is 0 Å². The van der Waals surface area contributed by atoms with Crippen molar-refractivity contribution in [3.63, 3.8) is 0 Å². The van der Waals surface area contributed by atoms with E-state index < -0.39 is 0 Å². The lowest BCUT2D eigenvalue weighted by molar-refractivity contribution is -0.910. The second-order valence-corrected chi connectivity index (χ2v) is 6.89. The van der Waals surface area contributed by atoms with Crippen molar-refractivity contribution in [2.45, 2.75) is 18.9 Å².